The number of carbonyl (C=O) groups excluding carboxylic acids is 4. The van der Waals surface area contributed by atoms with Crippen LogP contribution in [0.5, 0.6) is 17.2 Å². The van der Waals surface area contributed by atoms with Crippen molar-refractivity contribution >= 4 is 23.1 Å². The number of benzene rings is 3. The zero-order chi connectivity index (χ0) is 55.9. The summed E-state index contributed by atoms with van der Waals surface area (Å²) >= 11 is 0. The number of methoxy groups -OCH3 is 5. The van der Waals surface area contributed by atoms with E-state index in [0.717, 1.165) is 140 Å². The number of para-hydroxylation sites is 3. The molecule has 0 heterocycles. The zero-order valence-corrected chi connectivity index (χ0v) is 47.1. The lowest BCUT2D eigenvalue weighted by molar-refractivity contribution is -0.119. The van der Waals surface area contributed by atoms with E-state index < -0.39 is 0 Å². The van der Waals surface area contributed by atoms with Crippen molar-refractivity contribution in [2.24, 2.45) is 5.73 Å². The van der Waals surface area contributed by atoms with Gasteiger partial charge in [-0.2, -0.15) is 0 Å². The fraction of sp³-hybridized carbons (Fsp3) is 0.500. The number of unbranched alkanes of at least 4 members (excludes halogenated alkanes) is 6. The predicted octanol–water partition coefficient (Wildman–Crippen LogP) is 7.94. The molecule has 5 N–H and O–H groups in total. The summed E-state index contributed by atoms with van der Waals surface area (Å²) in [6.07, 6.45) is 13.7. The first-order valence-corrected chi connectivity index (χ1v) is 26.8. The van der Waals surface area contributed by atoms with Crippen LogP contribution in [0.25, 0.3) is 0 Å². The Hall–Kier alpha value is -6.30. The van der Waals surface area contributed by atoms with Gasteiger partial charge >= 0.3 is 0 Å². The van der Waals surface area contributed by atoms with Gasteiger partial charge in [-0.3, -0.25) is 33.9 Å². The van der Waals surface area contributed by atoms with Crippen LogP contribution in [0.15, 0.2) is 120 Å². The molecule has 2 aliphatic rings. The van der Waals surface area contributed by atoms with Crippen LogP contribution in [0.1, 0.15) is 95.8 Å². The largest absolute Gasteiger partial charge is 0.496 e. The average Bonchev–Trinajstić information content (AvgIpc) is 3.44. The average molecular weight is 1060 g/mol. The Kier molecular flexibility index (Phi) is 34.7. The van der Waals surface area contributed by atoms with Crippen LogP contribution in [0.3, 0.4) is 0 Å². The molecule has 0 fully saturated rings. The van der Waals surface area contributed by atoms with E-state index in [9.17, 15) is 19.2 Å². The van der Waals surface area contributed by atoms with Crippen LogP contribution >= 0.6 is 0 Å². The van der Waals surface area contributed by atoms with Crippen LogP contribution < -0.4 is 30.6 Å². The molecule has 0 spiro atoms. The molecule has 3 aromatic carbocycles. The number of ketones is 4. The molecular formula is C60H90N6O10. The van der Waals surface area contributed by atoms with Gasteiger partial charge in [0.15, 0.2) is 11.5 Å². The number of hydrogen-bond donors (Lipinski definition) is 4. The standard InChI is InChI=1S/C38H56N4O4.C12H20N2O.C8H8O4.C2H6O/c1-5-41(29-31-19-11-13-21-37(31)45-3)25-17-9-7-15-23-39-33-27-36(44)34(28-35(33)43)40-24-16-8-10-18-26-42(6-2)30-32-20-12-14-22-38(32)46-4;1-3-14(9-8-13)10-11-6-4-5-7-12(11)15-2;1-11-7-3-6(10)8(12-2)4-5(7)9;1-2-3/h11-14,19-22,27-28,39-40H,5-10,15-18,23-26,29-30H2,1-4H3;4-7H,3,8-10,13H2,1-2H3;3-4H,1-2H3;3H,2H2,1H3. The highest BCUT2D eigenvalue weighted by molar-refractivity contribution is 6.19. The molecule has 420 valence electrons. The van der Waals surface area contributed by atoms with E-state index in [-0.39, 0.29) is 41.3 Å². The number of allylic oxidation sites excluding steroid dienone is 4. The number of rotatable bonds is 32. The highest BCUT2D eigenvalue weighted by Gasteiger charge is 2.22. The predicted molar refractivity (Wildman–Crippen MR) is 303 cm³/mol. The lowest BCUT2D eigenvalue weighted by atomic mass is 10.1. The molecule has 0 aromatic heterocycles. The summed E-state index contributed by atoms with van der Waals surface area (Å²) < 4.78 is 25.6. The van der Waals surface area contributed by atoms with Crippen molar-refractivity contribution in [2.75, 3.05) is 101 Å². The maximum absolute atomic E-state index is 12.6. The van der Waals surface area contributed by atoms with E-state index in [1.807, 2.05) is 42.5 Å². The van der Waals surface area contributed by atoms with Gasteiger partial charge in [-0.25, -0.2) is 0 Å². The number of nitrogens with zero attached hydrogens (tertiary/aromatic N) is 3. The summed E-state index contributed by atoms with van der Waals surface area (Å²) in [6.45, 7) is 19.2. The Balaban J connectivity index is 0.000000529. The number of nitrogens with one attached hydrogen (secondary N) is 2. The number of carbonyl (C=O) groups is 4. The second kappa shape index (κ2) is 40.0. The molecule has 0 aliphatic heterocycles. The fourth-order valence-electron chi connectivity index (χ4n) is 8.20. The third-order valence-electron chi connectivity index (χ3n) is 12.5. The first-order valence-electron chi connectivity index (χ1n) is 26.8. The van der Waals surface area contributed by atoms with Crippen LogP contribution in [-0.2, 0) is 48.3 Å². The summed E-state index contributed by atoms with van der Waals surface area (Å²) in [5.41, 5.74) is 10.0. The number of ether oxygens (including phenoxy) is 5. The minimum absolute atomic E-state index is 0.0424. The van der Waals surface area contributed by atoms with Gasteiger partial charge in [0.05, 0.1) is 46.9 Å². The molecule has 16 heteroatoms. The summed E-state index contributed by atoms with van der Waals surface area (Å²) in [7, 11) is 7.82. The van der Waals surface area contributed by atoms with Gasteiger partial charge in [0.1, 0.15) is 17.2 Å². The maximum Gasteiger partial charge on any atom is 0.224 e. The van der Waals surface area contributed by atoms with E-state index in [4.69, 9.17) is 25.1 Å². The van der Waals surface area contributed by atoms with Crippen LogP contribution in [0.4, 0.5) is 0 Å². The lowest BCUT2D eigenvalue weighted by Gasteiger charge is -2.21. The van der Waals surface area contributed by atoms with E-state index in [0.29, 0.717) is 31.0 Å². The zero-order valence-electron chi connectivity index (χ0n) is 47.1. The topological polar surface area (TPSA) is 194 Å². The van der Waals surface area contributed by atoms with Gasteiger partial charge in [0.2, 0.25) is 23.1 Å². The molecule has 0 radical (unpaired) electrons. The number of hydrogen-bond acceptors (Lipinski definition) is 16. The van der Waals surface area contributed by atoms with E-state index in [2.05, 4.69) is 85.9 Å². The molecule has 0 saturated heterocycles. The summed E-state index contributed by atoms with van der Waals surface area (Å²) in [4.78, 5) is 54.5. The minimum atomic E-state index is -0.353. The van der Waals surface area contributed by atoms with Crippen LogP contribution in [-0.4, -0.2) is 144 Å². The maximum atomic E-state index is 12.6. The van der Waals surface area contributed by atoms with Crippen molar-refractivity contribution in [1.82, 2.24) is 25.3 Å². The molecule has 0 amide bonds. The smallest absolute Gasteiger partial charge is 0.224 e. The quantitative estimate of drug-likeness (QED) is 0.0347. The molecule has 76 heavy (non-hydrogen) atoms. The Morgan fingerprint density at radius 3 is 1.05 bits per heavy atom. The normalized spacial score (nSPS) is 13.0. The Labute approximate surface area is 454 Å². The van der Waals surface area contributed by atoms with E-state index >= 15 is 0 Å². The van der Waals surface area contributed by atoms with E-state index in [1.54, 1.807) is 28.3 Å². The van der Waals surface area contributed by atoms with Crippen molar-refractivity contribution in [2.45, 2.75) is 98.7 Å². The first kappa shape index (κ1) is 65.8. The van der Waals surface area contributed by atoms with Gasteiger partial charge < -0.3 is 45.2 Å². The van der Waals surface area contributed by atoms with Crippen LogP contribution in [0, 0.1) is 0 Å². The minimum Gasteiger partial charge on any atom is -0.496 e. The third kappa shape index (κ3) is 25.0. The fourth-order valence-corrected chi connectivity index (χ4v) is 8.20. The summed E-state index contributed by atoms with van der Waals surface area (Å²) in [6, 6.07) is 24.5. The summed E-state index contributed by atoms with van der Waals surface area (Å²) in [5, 5.41) is 13.9. The molecular weight excluding hydrogens is 965 g/mol. The number of aliphatic hydroxyl groups excluding tert-OH is 1. The summed E-state index contributed by atoms with van der Waals surface area (Å²) in [5.74, 6) is 1.95. The van der Waals surface area contributed by atoms with Crippen molar-refractivity contribution in [3.63, 3.8) is 0 Å². The molecule has 0 atom stereocenters. The monoisotopic (exact) mass is 1050 g/mol. The number of nitrogens with two attached hydrogens (primary N) is 1. The Bertz CT molecular complexity index is 2170. The number of likely N-dealkylation sites (N-methyl/N-ethyl adjacent to an activating group) is 1. The SMILES string of the molecule is CCN(CCCCCCNC1=CC(=O)C(NCCCCCCN(CC)Cc2ccccc2OC)=CC1=O)Cc1ccccc1OC.CCN(CCN)Cc1ccccc1OC.CCO.COC1=CC(=O)C(OC)=CC1=O. The van der Waals surface area contributed by atoms with Crippen LogP contribution in [0.2, 0.25) is 0 Å². The van der Waals surface area contributed by atoms with Crippen molar-refractivity contribution in [3.05, 3.63) is 137 Å². The van der Waals surface area contributed by atoms with Crippen molar-refractivity contribution < 1.29 is 48.0 Å². The third-order valence-corrected chi connectivity index (χ3v) is 12.5. The molecule has 0 saturated carbocycles. The van der Waals surface area contributed by atoms with Crippen molar-refractivity contribution in [3.8, 4) is 17.2 Å². The first-order chi connectivity index (χ1) is 36.9. The number of aliphatic hydroxyl groups is 1. The van der Waals surface area contributed by atoms with Crippen molar-refractivity contribution in [1.29, 1.82) is 0 Å². The molecule has 3 aromatic rings. The molecule has 0 unspecified atom stereocenters. The highest BCUT2D eigenvalue weighted by atomic mass is 16.5. The Morgan fingerprint density at radius 1 is 0.434 bits per heavy atom. The van der Waals surface area contributed by atoms with Gasteiger partial charge in [0.25, 0.3) is 0 Å². The van der Waals surface area contributed by atoms with E-state index in [1.165, 1.54) is 43.1 Å². The highest BCUT2D eigenvalue weighted by Crippen LogP contribution is 2.22. The molecule has 16 nitrogen and oxygen atoms in total. The van der Waals surface area contributed by atoms with Gasteiger partial charge in [-0.05, 0) is 83.5 Å². The molecule has 5 rings (SSSR count). The van der Waals surface area contributed by atoms with Gasteiger partial charge in [0, 0.05) is 93.4 Å². The second-order valence-electron chi connectivity index (χ2n) is 17.8. The lowest BCUT2D eigenvalue weighted by Crippen LogP contribution is -2.30. The molecule has 2 aliphatic carbocycles. The second-order valence-corrected chi connectivity index (χ2v) is 17.8. The molecule has 0 bridgehead atoms. The van der Waals surface area contributed by atoms with Gasteiger partial charge in [-0.1, -0.05) is 101 Å². The van der Waals surface area contributed by atoms with Gasteiger partial charge in [-0.15, -0.1) is 0 Å². The Morgan fingerprint density at radius 2 is 0.750 bits per heavy atom.